The molecule has 2 heterocycles. The summed E-state index contributed by atoms with van der Waals surface area (Å²) in [6.45, 7) is 2.21. The van der Waals surface area contributed by atoms with E-state index >= 15 is 0 Å². The molecule has 1 fully saturated rings. The topological polar surface area (TPSA) is 98.8 Å². The summed E-state index contributed by atoms with van der Waals surface area (Å²) in [5.41, 5.74) is 2.28. The fraction of sp³-hybridized carbons (Fsp3) is 0.440. The first-order chi connectivity index (χ1) is 16.5. The highest BCUT2D eigenvalue weighted by Gasteiger charge is 2.55. The molecule has 0 amide bonds. The highest BCUT2D eigenvalue weighted by atomic mass is 16.7. The predicted molar refractivity (Wildman–Crippen MR) is 118 cm³/mol. The fourth-order valence-electron chi connectivity index (χ4n) is 5.38. The van der Waals surface area contributed by atoms with Crippen molar-refractivity contribution in [2.24, 2.45) is 11.8 Å². The third-order valence-corrected chi connectivity index (χ3v) is 6.77. The van der Waals surface area contributed by atoms with E-state index in [-0.39, 0.29) is 31.9 Å². The molecular formula is C25H26O9. The summed E-state index contributed by atoms with van der Waals surface area (Å²) < 4.78 is 38.7. The number of rotatable bonds is 6. The minimum absolute atomic E-state index is 0.0893. The number of fused-ring (bicyclic) bond motifs is 3. The third-order valence-electron chi connectivity index (χ3n) is 6.77. The highest BCUT2D eigenvalue weighted by molar-refractivity contribution is 5.86. The number of carbonyl (C=O) groups is 2. The summed E-state index contributed by atoms with van der Waals surface area (Å²) in [5, 5.41) is 0. The smallest absolute Gasteiger partial charge is 0.313 e. The lowest BCUT2D eigenvalue weighted by molar-refractivity contribution is -0.147. The number of hydrogen-bond donors (Lipinski definition) is 0. The second-order valence-corrected chi connectivity index (χ2v) is 8.32. The SMILES string of the molecule is CCOC(=O)[C@H]1c2cc3c(cc2[C@@H](c2cc(OC)c(OC)c(OC)c2)[C@H]2C(=O)OC[C@@H]21)OCO3. The number of carbonyl (C=O) groups excluding carboxylic acids is 2. The third kappa shape index (κ3) is 3.29. The van der Waals surface area contributed by atoms with E-state index in [0.29, 0.717) is 28.7 Å². The first-order valence-electron chi connectivity index (χ1n) is 11.1. The van der Waals surface area contributed by atoms with E-state index in [2.05, 4.69) is 0 Å². The van der Waals surface area contributed by atoms with Gasteiger partial charge in [-0.05, 0) is 47.9 Å². The minimum Gasteiger partial charge on any atom is -0.493 e. The lowest BCUT2D eigenvalue weighted by Gasteiger charge is -2.38. The van der Waals surface area contributed by atoms with Gasteiger partial charge < -0.3 is 33.2 Å². The van der Waals surface area contributed by atoms with Crippen molar-refractivity contribution in [1.82, 2.24) is 0 Å². The van der Waals surface area contributed by atoms with Crippen LogP contribution in [0.1, 0.15) is 35.4 Å². The first-order valence-corrected chi connectivity index (χ1v) is 11.1. The monoisotopic (exact) mass is 470 g/mol. The van der Waals surface area contributed by atoms with E-state index in [1.807, 2.05) is 24.3 Å². The summed E-state index contributed by atoms with van der Waals surface area (Å²) in [7, 11) is 4.61. The first kappa shape index (κ1) is 22.2. The zero-order valence-electron chi connectivity index (χ0n) is 19.4. The predicted octanol–water partition coefficient (Wildman–Crippen LogP) is 3.02. The van der Waals surface area contributed by atoms with Gasteiger partial charge in [-0.25, -0.2) is 0 Å². The molecular weight excluding hydrogens is 444 g/mol. The Morgan fingerprint density at radius 3 is 2.18 bits per heavy atom. The molecule has 3 aliphatic rings. The van der Waals surface area contributed by atoms with Gasteiger partial charge in [0.05, 0.1) is 46.4 Å². The number of cyclic esters (lactones) is 1. The Morgan fingerprint density at radius 2 is 1.59 bits per heavy atom. The molecule has 34 heavy (non-hydrogen) atoms. The molecule has 9 heteroatoms. The van der Waals surface area contributed by atoms with Crippen molar-refractivity contribution in [3.05, 3.63) is 41.0 Å². The van der Waals surface area contributed by atoms with Crippen LogP contribution in [0.2, 0.25) is 0 Å². The standard InChI is InChI=1S/C25H26O9/c1-5-31-24(26)21-14-9-17-16(33-11-34-17)8-13(14)20(22-15(21)10-32-25(22)27)12-6-18(28-2)23(30-4)19(7-12)29-3/h6-9,15,20-22H,5,10-11H2,1-4H3/t15-,20-,21+,22+/m1/s1. The maximum absolute atomic E-state index is 13.1. The molecule has 5 rings (SSSR count). The quantitative estimate of drug-likeness (QED) is 0.590. The minimum atomic E-state index is -0.667. The Bertz CT molecular complexity index is 1120. The summed E-state index contributed by atoms with van der Waals surface area (Å²) in [4.78, 5) is 26.2. The molecule has 0 aromatic heterocycles. The molecule has 0 bridgehead atoms. The Morgan fingerprint density at radius 1 is 0.941 bits per heavy atom. The molecule has 0 spiro atoms. The van der Waals surface area contributed by atoms with Gasteiger partial charge in [0.1, 0.15) is 0 Å². The number of methoxy groups -OCH3 is 3. The second kappa shape index (κ2) is 8.62. The summed E-state index contributed by atoms with van der Waals surface area (Å²) in [6.07, 6.45) is 0. The van der Waals surface area contributed by atoms with Crippen molar-refractivity contribution in [1.29, 1.82) is 0 Å². The average Bonchev–Trinajstić information content (AvgIpc) is 3.46. The van der Waals surface area contributed by atoms with Crippen molar-refractivity contribution in [2.45, 2.75) is 18.8 Å². The van der Waals surface area contributed by atoms with E-state index in [1.54, 1.807) is 6.92 Å². The van der Waals surface area contributed by atoms with Gasteiger partial charge in [0.2, 0.25) is 12.5 Å². The second-order valence-electron chi connectivity index (χ2n) is 8.32. The summed E-state index contributed by atoms with van der Waals surface area (Å²) in [6, 6.07) is 7.32. The fourth-order valence-corrected chi connectivity index (χ4v) is 5.38. The van der Waals surface area contributed by atoms with E-state index in [0.717, 1.165) is 16.7 Å². The van der Waals surface area contributed by atoms with Crippen molar-refractivity contribution in [3.8, 4) is 28.7 Å². The van der Waals surface area contributed by atoms with E-state index in [9.17, 15) is 9.59 Å². The van der Waals surface area contributed by atoms with Crippen molar-refractivity contribution < 1.29 is 42.7 Å². The molecule has 1 aliphatic carbocycles. The van der Waals surface area contributed by atoms with Crippen LogP contribution in [-0.2, 0) is 19.1 Å². The molecule has 0 saturated carbocycles. The van der Waals surface area contributed by atoms with Gasteiger partial charge in [0, 0.05) is 11.8 Å². The van der Waals surface area contributed by atoms with Crippen molar-refractivity contribution in [3.63, 3.8) is 0 Å². The maximum atomic E-state index is 13.1. The number of esters is 2. The van der Waals surface area contributed by atoms with Crippen LogP contribution in [-0.4, -0.2) is 53.3 Å². The molecule has 2 aliphatic heterocycles. The van der Waals surface area contributed by atoms with Crippen LogP contribution in [0, 0.1) is 11.8 Å². The Labute approximate surface area is 196 Å². The van der Waals surface area contributed by atoms with Gasteiger partial charge in [0.15, 0.2) is 23.0 Å². The maximum Gasteiger partial charge on any atom is 0.313 e. The highest BCUT2D eigenvalue weighted by Crippen LogP contribution is 2.56. The molecule has 1 saturated heterocycles. The number of benzene rings is 2. The van der Waals surface area contributed by atoms with E-state index in [4.69, 9.17) is 33.2 Å². The van der Waals surface area contributed by atoms with Crippen molar-refractivity contribution >= 4 is 11.9 Å². The Balaban J connectivity index is 1.75. The van der Waals surface area contributed by atoms with Gasteiger partial charge in [-0.2, -0.15) is 0 Å². The van der Waals surface area contributed by atoms with Gasteiger partial charge in [-0.3, -0.25) is 9.59 Å². The molecule has 2 aromatic carbocycles. The van der Waals surface area contributed by atoms with Gasteiger partial charge >= 0.3 is 11.9 Å². The average molecular weight is 470 g/mol. The molecule has 4 atom stereocenters. The molecule has 0 unspecified atom stereocenters. The van der Waals surface area contributed by atoms with Crippen LogP contribution in [0.4, 0.5) is 0 Å². The molecule has 180 valence electrons. The molecule has 0 radical (unpaired) electrons. The largest absolute Gasteiger partial charge is 0.493 e. The normalized spacial score (nSPS) is 24.1. The van der Waals surface area contributed by atoms with Gasteiger partial charge in [-0.1, -0.05) is 0 Å². The van der Waals surface area contributed by atoms with Gasteiger partial charge in [-0.15, -0.1) is 0 Å². The summed E-state index contributed by atoms with van der Waals surface area (Å²) in [5.74, 6) is -0.365. The number of hydrogen-bond acceptors (Lipinski definition) is 9. The molecule has 0 N–H and O–H groups in total. The zero-order valence-corrected chi connectivity index (χ0v) is 19.4. The lowest BCUT2D eigenvalue weighted by atomic mass is 9.63. The van der Waals surface area contributed by atoms with Gasteiger partial charge in [0.25, 0.3) is 0 Å². The lowest BCUT2D eigenvalue weighted by Crippen LogP contribution is -2.38. The van der Waals surface area contributed by atoms with Crippen LogP contribution in [0.3, 0.4) is 0 Å². The van der Waals surface area contributed by atoms with Crippen LogP contribution in [0.15, 0.2) is 24.3 Å². The Hall–Kier alpha value is -3.62. The number of ether oxygens (including phenoxy) is 7. The van der Waals surface area contributed by atoms with E-state index in [1.165, 1.54) is 21.3 Å². The summed E-state index contributed by atoms with van der Waals surface area (Å²) >= 11 is 0. The molecule has 9 nitrogen and oxygen atoms in total. The van der Waals surface area contributed by atoms with E-state index < -0.39 is 23.7 Å². The zero-order chi connectivity index (χ0) is 24.0. The van der Waals surface area contributed by atoms with Crippen molar-refractivity contribution in [2.75, 3.05) is 41.3 Å². The van der Waals surface area contributed by atoms with Crippen LogP contribution >= 0.6 is 0 Å². The van der Waals surface area contributed by atoms with Crippen LogP contribution < -0.4 is 23.7 Å². The van der Waals surface area contributed by atoms with Crippen LogP contribution in [0.5, 0.6) is 28.7 Å². The Kier molecular flexibility index (Phi) is 5.63. The van der Waals surface area contributed by atoms with Crippen LogP contribution in [0.25, 0.3) is 0 Å². The molecule has 2 aromatic rings.